The van der Waals surface area contributed by atoms with Crippen molar-refractivity contribution in [3.8, 4) is 22.4 Å². The van der Waals surface area contributed by atoms with Gasteiger partial charge in [0.2, 0.25) is 11.8 Å². The first-order valence-corrected chi connectivity index (χ1v) is 11.5. The van der Waals surface area contributed by atoms with E-state index in [0.717, 1.165) is 36.8 Å². The summed E-state index contributed by atoms with van der Waals surface area (Å²) in [4.78, 5) is 18.5. The van der Waals surface area contributed by atoms with Gasteiger partial charge in [0.25, 0.3) is 5.69 Å². The molecule has 0 aliphatic heterocycles. The second-order valence-electron chi connectivity index (χ2n) is 7.96. The summed E-state index contributed by atoms with van der Waals surface area (Å²) >= 11 is 6.66. The van der Waals surface area contributed by atoms with Crippen LogP contribution in [0.4, 0.5) is 13.2 Å². The smallest absolute Gasteiger partial charge is 0.351 e. The highest BCUT2D eigenvalue weighted by molar-refractivity contribution is 7.12. The van der Waals surface area contributed by atoms with E-state index in [9.17, 15) is 28.3 Å². The molecule has 1 atom stereocenters. The fourth-order valence-electron chi connectivity index (χ4n) is 4.30. The lowest BCUT2D eigenvalue weighted by molar-refractivity contribution is -0.912. The molecule has 0 saturated carbocycles. The molecule has 1 aliphatic carbocycles. The third-order valence-electron chi connectivity index (χ3n) is 5.96. The Labute approximate surface area is 205 Å². The van der Waals surface area contributed by atoms with Gasteiger partial charge < -0.3 is 14.8 Å². The third kappa shape index (κ3) is 3.58. The van der Waals surface area contributed by atoms with Crippen LogP contribution in [0.3, 0.4) is 0 Å². The quantitative estimate of drug-likeness (QED) is 0.160. The van der Waals surface area contributed by atoms with E-state index in [4.69, 9.17) is 11.6 Å². The van der Waals surface area contributed by atoms with Crippen LogP contribution in [0.5, 0.6) is 0 Å². The van der Waals surface area contributed by atoms with Crippen LogP contribution in [-0.2, 0) is 16.8 Å². The summed E-state index contributed by atoms with van der Waals surface area (Å²) in [6.07, 6.45) is 2.70. The molecule has 1 aromatic carbocycles. The minimum Gasteiger partial charge on any atom is -0.465 e. The van der Waals surface area contributed by atoms with E-state index in [1.165, 1.54) is 17.6 Å². The van der Waals surface area contributed by atoms with Crippen molar-refractivity contribution in [2.45, 2.75) is 18.4 Å². The van der Waals surface area contributed by atoms with Crippen LogP contribution in [-0.4, -0.2) is 33.4 Å². The number of pyridine rings is 1. The number of ether oxygens (including phenoxy) is 1. The Bertz CT molecular complexity index is 1510. The summed E-state index contributed by atoms with van der Waals surface area (Å²) in [5, 5.41) is 23.3. The van der Waals surface area contributed by atoms with Crippen LogP contribution in [0.15, 0.2) is 36.0 Å². The van der Waals surface area contributed by atoms with Gasteiger partial charge in [-0.05, 0) is 31.0 Å². The first kappa shape index (κ1) is 23.3. The highest BCUT2D eigenvalue weighted by atomic mass is 35.5. The fourth-order valence-corrected chi connectivity index (χ4v) is 5.32. The van der Waals surface area contributed by atoms with Crippen LogP contribution in [0.25, 0.3) is 22.4 Å². The summed E-state index contributed by atoms with van der Waals surface area (Å²) < 4.78 is 48.8. The predicted molar refractivity (Wildman–Crippen MR) is 119 cm³/mol. The highest BCUT2D eigenvalue weighted by Crippen LogP contribution is 2.41. The summed E-state index contributed by atoms with van der Waals surface area (Å²) in [5.41, 5.74) is -1.43. The number of hydrogen-bond acceptors (Lipinski definition) is 6. The molecule has 5 rings (SSSR count). The highest BCUT2D eigenvalue weighted by Gasteiger charge is 2.50. The van der Waals surface area contributed by atoms with Gasteiger partial charge in [-0.1, -0.05) is 11.6 Å². The van der Waals surface area contributed by atoms with Gasteiger partial charge in [-0.25, -0.2) is 22.9 Å². The van der Waals surface area contributed by atoms with Crippen molar-refractivity contribution in [3.05, 3.63) is 80.4 Å². The molecule has 3 heterocycles. The lowest BCUT2D eigenvalue weighted by Crippen LogP contribution is -2.44. The average Bonchev–Trinajstić information content (AvgIpc) is 3.54. The number of fused-ring (bicyclic) bond motifs is 1. The van der Waals surface area contributed by atoms with Gasteiger partial charge in [0.05, 0.1) is 35.2 Å². The van der Waals surface area contributed by atoms with E-state index in [-0.39, 0.29) is 51.1 Å². The van der Waals surface area contributed by atoms with Crippen molar-refractivity contribution in [1.82, 2.24) is 9.97 Å². The zero-order chi connectivity index (χ0) is 25.1. The van der Waals surface area contributed by atoms with Gasteiger partial charge >= 0.3 is 5.97 Å². The first-order chi connectivity index (χ1) is 16.7. The summed E-state index contributed by atoms with van der Waals surface area (Å²) in [5.74, 6) is -3.42. The second kappa shape index (κ2) is 8.36. The van der Waals surface area contributed by atoms with Gasteiger partial charge in [-0.3, -0.25) is 5.21 Å². The standard InChI is InChI=1S/C23H16ClF3N3O4S/c1-34-21(31)19-17(26)12(9-35-19)15-7-28-22(29-15)23(32)5-4-10-6-11(8-30(33)20(10)23)16-14(25)3-2-13(24)18(16)27/h2-3,6-9,32-33H,4-5H2,1H3,(H,28,29)/q+1. The van der Waals surface area contributed by atoms with Crippen LogP contribution in [0, 0.1) is 17.5 Å². The lowest BCUT2D eigenvalue weighted by Gasteiger charge is -2.17. The zero-order valence-electron chi connectivity index (χ0n) is 17.9. The Morgan fingerprint density at radius 1 is 1.31 bits per heavy atom. The van der Waals surface area contributed by atoms with Crippen molar-refractivity contribution in [2.24, 2.45) is 0 Å². The number of aryl methyl sites for hydroxylation is 1. The summed E-state index contributed by atoms with van der Waals surface area (Å²) in [7, 11) is 1.15. The molecule has 12 heteroatoms. The van der Waals surface area contributed by atoms with E-state index in [1.807, 2.05) is 0 Å². The number of nitrogens with zero attached hydrogens (tertiary/aromatic N) is 2. The Morgan fingerprint density at radius 2 is 2.09 bits per heavy atom. The Morgan fingerprint density at radius 3 is 2.83 bits per heavy atom. The van der Waals surface area contributed by atoms with E-state index in [0.29, 0.717) is 10.3 Å². The molecular formula is C23H16ClF3N3O4S+. The van der Waals surface area contributed by atoms with Crippen molar-refractivity contribution >= 4 is 28.9 Å². The molecule has 4 aromatic rings. The van der Waals surface area contributed by atoms with E-state index >= 15 is 0 Å². The number of nitrogens with one attached hydrogen (secondary N) is 1. The molecule has 0 bridgehead atoms. The van der Waals surface area contributed by atoms with Crippen molar-refractivity contribution in [2.75, 3.05) is 7.11 Å². The Hall–Kier alpha value is -3.41. The maximum atomic E-state index is 14.7. The second-order valence-corrected chi connectivity index (χ2v) is 9.24. The Kier molecular flexibility index (Phi) is 5.58. The number of H-pyrrole nitrogens is 1. The topological polar surface area (TPSA) is 99.3 Å². The molecule has 0 radical (unpaired) electrons. The number of aromatic amines is 1. The number of benzene rings is 1. The number of thiophene rings is 1. The number of carbonyl (C=O) groups is 1. The third-order valence-corrected chi connectivity index (χ3v) is 7.19. The normalized spacial score (nSPS) is 17.0. The van der Waals surface area contributed by atoms with Crippen molar-refractivity contribution in [1.29, 1.82) is 0 Å². The van der Waals surface area contributed by atoms with Gasteiger partial charge in [-0.15, -0.1) is 11.3 Å². The maximum Gasteiger partial charge on any atom is 0.351 e. The zero-order valence-corrected chi connectivity index (χ0v) is 19.5. The van der Waals surface area contributed by atoms with Gasteiger partial charge in [0.1, 0.15) is 16.5 Å². The molecule has 1 aliphatic rings. The average molecular weight is 523 g/mol. The molecule has 7 nitrogen and oxygen atoms in total. The molecule has 180 valence electrons. The van der Waals surface area contributed by atoms with Gasteiger partial charge in [-0.2, -0.15) is 0 Å². The van der Waals surface area contributed by atoms with Crippen LogP contribution in [0.2, 0.25) is 5.02 Å². The monoisotopic (exact) mass is 522 g/mol. The molecule has 3 N–H and O–H groups in total. The molecule has 0 fully saturated rings. The SMILES string of the molecule is COC(=O)c1scc(-c2cnc(C3(O)CCc4cc(-c5c(F)ccc(Cl)c5F)c[n+](O)c43)[nH]2)c1F. The van der Waals surface area contributed by atoms with Crippen molar-refractivity contribution in [3.63, 3.8) is 0 Å². The number of hydrogen-bond donors (Lipinski definition) is 3. The minimum atomic E-state index is -1.80. The minimum absolute atomic E-state index is 0.0205. The van der Waals surface area contributed by atoms with E-state index in [2.05, 4.69) is 14.7 Å². The number of rotatable bonds is 4. The summed E-state index contributed by atoms with van der Waals surface area (Å²) in [6, 6.07) is 3.57. The summed E-state index contributed by atoms with van der Waals surface area (Å²) in [6.45, 7) is 0. The fraction of sp³-hybridized carbons (Fsp3) is 0.174. The molecule has 3 aromatic heterocycles. The van der Waals surface area contributed by atoms with E-state index in [1.54, 1.807) is 0 Å². The van der Waals surface area contributed by atoms with E-state index < -0.39 is 34.6 Å². The molecular weight excluding hydrogens is 507 g/mol. The number of imidazole rings is 1. The molecule has 0 saturated heterocycles. The van der Waals surface area contributed by atoms with Crippen LogP contribution in [0.1, 0.15) is 33.2 Å². The molecule has 1 unspecified atom stereocenters. The molecule has 0 amide bonds. The molecule has 0 spiro atoms. The number of halogens is 4. The van der Waals surface area contributed by atoms with Crippen molar-refractivity contribution < 1.29 is 37.7 Å². The number of esters is 1. The van der Waals surface area contributed by atoms with Crippen LogP contribution >= 0.6 is 22.9 Å². The number of carbonyl (C=O) groups excluding carboxylic acids is 1. The largest absolute Gasteiger partial charge is 0.465 e. The van der Waals surface area contributed by atoms with Crippen LogP contribution < -0.4 is 4.73 Å². The van der Waals surface area contributed by atoms with Gasteiger partial charge in [0, 0.05) is 21.2 Å². The number of aliphatic hydroxyl groups is 1. The lowest BCUT2D eigenvalue weighted by atomic mass is 9.98. The predicted octanol–water partition coefficient (Wildman–Crippen LogP) is 4.37. The first-order valence-electron chi connectivity index (χ1n) is 10.2. The number of methoxy groups -OCH3 is 1. The van der Waals surface area contributed by atoms with Gasteiger partial charge in [0.15, 0.2) is 11.6 Å². The number of aromatic nitrogens is 3. The maximum absolute atomic E-state index is 14.7. The Balaban J connectivity index is 1.55. The molecule has 35 heavy (non-hydrogen) atoms.